The summed E-state index contributed by atoms with van der Waals surface area (Å²) in [6, 6.07) is 13.0. The Morgan fingerprint density at radius 3 is 2.23 bits per heavy atom. The molecule has 0 radical (unpaired) electrons. The molecule has 0 heterocycles. The van der Waals surface area contributed by atoms with E-state index in [2.05, 4.69) is 5.32 Å². The first kappa shape index (κ1) is 19.5. The molecule has 5 nitrogen and oxygen atoms in total. The molecule has 2 aromatic carbocycles. The minimum atomic E-state index is -0.967. The predicted octanol–water partition coefficient (Wildman–Crippen LogP) is 3.97. The van der Waals surface area contributed by atoms with Crippen LogP contribution in [0.2, 0.25) is 0 Å². The van der Waals surface area contributed by atoms with Crippen LogP contribution >= 0.6 is 0 Å². The summed E-state index contributed by atoms with van der Waals surface area (Å²) in [7, 11) is 0. The van der Waals surface area contributed by atoms with Crippen LogP contribution in [0.1, 0.15) is 30.0 Å². The van der Waals surface area contributed by atoms with Gasteiger partial charge in [0, 0.05) is 12.1 Å². The van der Waals surface area contributed by atoms with Crippen LogP contribution in [0.4, 0.5) is 5.69 Å². The van der Waals surface area contributed by atoms with E-state index in [-0.39, 0.29) is 12.3 Å². The normalized spacial score (nSPS) is 11.7. The van der Waals surface area contributed by atoms with Gasteiger partial charge in [0.05, 0.1) is 12.5 Å². The molecule has 138 valence electrons. The maximum Gasteiger partial charge on any atom is 0.307 e. The summed E-state index contributed by atoms with van der Waals surface area (Å²) < 4.78 is 5.36. The Labute approximate surface area is 154 Å². The van der Waals surface area contributed by atoms with Gasteiger partial charge < -0.3 is 15.2 Å². The Morgan fingerprint density at radius 2 is 1.69 bits per heavy atom. The second-order valence-electron chi connectivity index (χ2n) is 6.44. The fourth-order valence-electron chi connectivity index (χ4n) is 2.96. The number of rotatable bonds is 8. The van der Waals surface area contributed by atoms with Crippen molar-refractivity contribution in [2.45, 2.75) is 33.6 Å². The van der Waals surface area contributed by atoms with Gasteiger partial charge in [-0.2, -0.15) is 0 Å². The quantitative estimate of drug-likeness (QED) is 0.751. The fourth-order valence-corrected chi connectivity index (χ4v) is 2.96. The molecule has 0 aliphatic rings. The van der Waals surface area contributed by atoms with Crippen LogP contribution in [0.3, 0.4) is 0 Å². The maximum absolute atomic E-state index is 12.3. The highest BCUT2D eigenvalue weighted by Crippen LogP contribution is 2.19. The number of hydrogen-bond acceptors (Lipinski definition) is 3. The molecule has 1 unspecified atom stereocenters. The Morgan fingerprint density at radius 1 is 1.08 bits per heavy atom. The van der Waals surface area contributed by atoms with Crippen molar-refractivity contribution in [2.24, 2.45) is 5.92 Å². The van der Waals surface area contributed by atoms with Crippen molar-refractivity contribution >= 4 is 17.6 Å². The minimum absolute atomic E-state index is 0.0739. The van der Waals surface area contributed by atoms with Crippen molar-refractivity contribution in [3.8, 4) is 5.75 Å². The van der Waals surface area contributed by atoms with E-state index in [4.69, 9.17) is 4.74 Å². The maximum atomic E-state index is 12.3. The van der Waals surface area contributed by atoms with E-state index < -0.39 is 11.9 Å². The number of carbonyl (C=O) groups excluding carboxylic acids is 1. The lowest BCUT2D eigenvalue weighted by Gasteiger charge is -2.14. The number of anilines is 1. The van der Waals surface area contributed by atoms with E-state index in [1.165, 1.54) is 0 Å². The van der Waals surface area contributed by atoms with E-state index in [9.17, 15) is 14.7 Å². The first-order valence-electron chi connectivity index (χ1n) is 8.70. The van der Waals surface area contributed by atoms with E-state index in [1.54, 1.807) is 24.3 Å². The third-order valence-corrected chi connectivity index (χ3v) is 3.99. The lowest BCUT2D eigenvalue weighted by atomic mass is 9.94. The lowest BCUT2D eigenvalue weighted by molar-refractivity contribution is -0.143. The topological polar surface area (TPSA) is 75.6 Å². The Kier molecular flexibility index (Phi) is 6.78. The molecule has 0 aromatic heterocycles. The van der Waals surface area contributed by atoms with Crippen LogP contribution in [-0.2, 0) is 16.0 Å². The molecular formula is C21H25NO4. The Balaban J connectivity index is 2.00. The summed E-state index contributed by atoms with van der Waals surface area (Å²) in [5, 5.41) is 12.2. The van der Waals surface area contributed by atoms with E-state index in [0.29, 0.717) is 18.7 Å². The van der Waals surface area contributed by atoms with Crippen LogP contribution in [0, 0.1) is 19.8 Å². The Bertz CT molecular complexity index is 748. The van der Waals surface area contributed by atoms with Crippen LogP contribution in [0.5, 0.6) is 5.75 Å². The molecule has 0 bridgehead atoms. The van der Waals surface area contributed by atoms with Crippen molar-refractivity contribution in [2.75, 3.05) is 11.9 Å². The number of aryl methyl sites for hydroxylation is 2. The molecule has 2 N–H and O–H groups in total. The average Bonchev–Trinajstić information content (AvgIpc) is 2.55. The monoisotopic (exact) mass is 355 g/mol. The summed E-state index contributed by atoms with van der Waals surface area (Å²) in [6.07, 6.45) is 0.254. The molecule has 0 aliphatic carbocycles. The van der Waals surface area contributed by atoms with Gasteiger partial charge in [0.15, 0.2) is 0 Å². The molecule has 1 amide bonds. The first-order valence-corrected chi connectivity index (χ1v) is 8.70. The number of nitrogens with one attached hydrogen (secondary N) is 1. The zero-order chi connectivity index (χ0) is 19.1. The van der Waals surface area contributed by atoms with Crippen molar-refractivity contribution in [3.63, 3.8) is 0 Å². The SMILES string of the molecule is CCOc1ccc(NC(=O)CC(Cc2cc(C)cc(C)c2)C(=O)O)cc1. The van der Waals surface area contributed by atoms with Gasteiger partial charge in [-0.15, -0.1) is 0 Å². The van der Waals surface area contributed by atoms with Crippen molar-refractivity contribution in [1.29, 1.82) is 0 Å². The Hall–Kier alpha value is -2.82. The van der Waals surface area contributed by atoms with E-state index >= 15 is 0 Å². The molecule has 1 atom stereocenters. The first-order chi connectivity index (χ1) is 12.4. The smallest absolute Gasteiger partial charge is 0.307 e. The number of ether oxygens (including phenoxy) is 1. The number of hydrogen-bond donors (Lipinski definition) is 2. The summed E-state index contributed by atoms with van der Waals surface area (Å²) in [4.78, 5) is 23.8. The third kappa shape index (κ3) is 5.92. The van der Waals surface area contributed by atoms with Gasteiger partial charge in [0.25, 0.3) is 0 Å². The van der Waals surface area contributed by atoms with Gasteiger partial charge >= 0.3 is 5.97 Å². The second kappa shape index (κ2) is 9.04. The minimum Gasteiger partial charge on any atom is -0.494 e. The van der Waals surface area contributed by atoms with Crippen molar-refractivity contribution < 1.29 is 19.4 Å². The predicted molar refractivity (Wildman–Crippen MR) is 102 cm³/mol. The zero-order valence-electron chi connectivity index (χ0n) is 15.4. The highest BCUT2D eigenvalue weighted by atomic mass is 16.5. The van der Waals surface area contributed by atoms with Crippen molar-refractivity contribution in [3.05, 3.63) is 59.2 Å². The number of carboxylic acids is 1. The molecule has 2 aromatic rings. The van der Waals surface area contributed by atoms with Gasteiger partial charge in [-0.3, -0.25) is 9.59 Å². The lowest BCUT2D eigenvalue weighted by Crippen LogP contribution is -2.24. The van der Waals surface area contributed by atoms with Gasteiger partial charge in [-0.05, 0) is 57.0 Å². The molecule has 0 fully saturated rings. The molecule has 0 saturated carbocycles. The highest BCUT2D eigenvalue weighted by molar-refractivity contribution is 5.93. The van der Waals surface area contributed by atoms with Crippen LogP contribution in [0.25, 0.3) is 0 Å². The molecule has 2 rings (SSSR count). The van der Waals surface area contributed by atoms with Gasteiger partial charge in [0.1, 0.15) is 5.75 Å². The molecule has 26 heavy (non-hydrogen) atoms. The molecular weight excluding hydrogens is 330 g/mol. The summed E-state index contributed by atoms with van der Waals surface area (Å²) >= 11 is 0. The van der Waals surface area contributed by atoms with Gasteiger partial charge in [-0.25, -0.2) is 0 Å². The number of carbonyl (C=O) groups is 2. The van der Waals surface area contributed by atoms with Crippen LogP contribution in [-0.4, -0.2) is 23.6 Å². The second-order valence-corrected chi connectivity index (χ2v) is 6.44. The van der Waals surface area contributed by atoms with E-state index in [1.807, 2.05) is 39.0 Å². The van der Waals surface area contributed by atoms with Gasteiger partial charge in [-0.1, -0.05) is 29.3 Å². The molecule has 5 heteroatoms. The van der Waals surface area contributed by atoms with Gasteiger partial charge in [0.2, 0.25) is 5.91 Å². The van der Waals surface area contributed by atoms with Crippen molar-refractivity contribution in [1.82, 2.24) is 0 Å². The number of amides is 1. The molecule has 0 aliphatic heterocycles. The third-order valence-electron chi connectivity index (χ3n) is 3.99. The largest absolute Gasteiger partial charge is 0.494 e. The zero-order valence-corrected chi connectivity index (χ0v) is 15.4. The summed E-state index contributed by atoms with van der Waals surface area (Å²) in [5.41, 5.74) is 3.73. The number of aliphatic carboxylic acids is 1. The molecule has 0 saturated heterocycles. The number of carboxylic acid groups (broad SMARTS) is 1. The fraction of sp³-hybridized carbons (Fsp3) is 0.333. The van der Waals surface area contributed by atoms with Crippen LogP contribution in [0.15, 0.2) is 42.5 Å². The summed E-state index contributed by atoms with van der Waals surface area (Å²) in [5.74, 6) is -1.32. The standard InChI is InChI=1S/C21H25NO4/c1-4-26-19-7-5-18(6-8-19)22-20(23)13-17(21(24)25)12-16-10-14(2)9-15(3)11-16/h5-11,17H,4,12-13H2,1-3H3,(H,22,23)(H,24,25). The molecule has 0 spiro atoms. The van der Waals surface area contributed by atoms with Crippen LogP contribution < -0.4 is 10.1 Å². The summed E-state index contributed by atoms with van der Waals surface area (Å²) in [6.45, 7) is 6.43. The number of benzene rings is 2. The van der Waals surface area contributed by atoms with E-state index in [0.717, 1.165) is 22.4 Å². The highest BCUT2D eigenvalue weighted by Gasteiger charge is 2.22. The average molecular weight is 355 g/mol.